The number of carbonyl (C=O) groups excluding carboxylic acids is 1. The van der Waals surface area contributed by atoms with Gasteiger partial charge in [0.15, 0.2) is 9.84 Å². The van der Waals surface area contributed by atoms with Gasteiger partial charge in [0, 0.05) is 7.11 Å². The van der Waals surface area contributed by atoms with Crippen molar-refractivity contribution in [2.45, 2.75) is 6.92 Å². The van der Waals surface area contributed by atoms with E-state index in [2.05, 4.69) is 4.74 Å². The summed E-state index contributed by atoms with van der Waals surface area (Å²) in [5.74, 6) is -1.54. The van der Waals surface area contributed by atoms with Gasteiger partial charge in [-0.3, -0.25) is 4.79 Å². The molecule has 0 aliphatic carbocycles. The Bertz CT molecular complexity index is 353. The summed E-state index contributed by atoms with van der Waals surface area (Å²) in [6, 6.07) is 0. The first-order valence-electron chi connectivity index (χ1n) is 6.35. The van der Waals surface area contributed by atoms with Crippen LogP contribution in [0.25, 0.3) is 0 Å². The lowest BCUT2D eigenvalue weighted by atomic mass is 10.2. The van der Waals surface area contributed by atoms with Crippen molar-refractivity contribution in [1.82, 2.24) is 0 Å². The lowest BCUT2D eigenvalue weighted by Crippen LogP contribution is -2.26. The Kier molecular flexibility index (Phi) is 10.6. The van der Waals surface area contributed by atoms with E-state index in [1.165, 1.54) is 14.0 Å². The molecule has 20 heavy (non-hydrogen) atoms. The molecule has 0 aliphatic rings. The van der Waals surface area contributed by atoms with Gasteiger partial charge in [0.05, 0.1) is 57.6 Å². The van der Waals surface area contributed by atoms with Crippen LogP contribution in [0.2, 0.25) is 0 Å². The maximum Gasteiger partial charge on any atom is 0.309 e. The lowest BCUT2D eigenvalue weighted by Gasteiger charge is -2.10. The van der Waals surface area contributed by atoms with E-state index in [0.29, 0.717) is 26.4 Å². The molecule has 0 bridgehead atoms. The molecule has 0 radical (unpaired) electrons. The van der Waals surface area contributed by atoms with Crippen LogP contribution in [-0.2, 0) is 33.6 Å². The van der Waals surface area contributed by atoms with Crippen molar-refractivity contribution in [2.75, 3.05) is 58.8 Å². The molecule has 0 aromatic heterocycles. The van der Waals surface area contributed by atoms with E-state index in [4.69, 9.17) is 14.2 Å². The fourth-order valence-corrected chi connectivity index (χ4v) is 2.82. The molecule has 1 unspecified atom stereocenters. The van der Waals surface area contributed by atoms with E-state index in [9.17, 15) is 13.2 Å². The number of ether oxygens (including phenoxy) is 4. The van der Waals surface area contributed by atoms with Crippen molar-refractivity contribution >= 4 is 15.8 Å². The van der Waals surface area contributed by atoms with Crippen molar-refractivity contribution in [1.29, 1.82) is 0 Å². The fourth-order valence-electron chi connectivity index (χ4n) is 1.38. The van der Waals surface area contributed by atoms with Gasteiger partial charge in [-0.1, -0.05) is 6.92 Å². The number of methoxy groups -OCH3 is 2. The van der Waals surface area contributed by atoms with Crippen LogP contribution in [0, 0.1) is 5.92 Å². The van der Waals surface area contributed by atoms with Crippen molar-refractivity contribution in [2.24, 2.45) is 5.92 Å². The third kappa shape index (κ3) is 10.1. The number of carbonyl (C=O) groups is 1. The molecule has 0 saturated heterocycles. The number of esters is 1. The summed E-state index contributed by atoms with van der Waals surface area (Å²) < 4.78 is 43.0. The molecule has 0 rings (SSSR count). The van der Waals surface area contributed by atoms with Crippen molar-refractivity contribution in [3.8, 4) is 0 Å². The maximum atomic E-state index is 11.7. The quantitative estimate of drug-likeness (QED) is 0.367. The highest BCUT2D eigenvalue weighted by atomic mass is 32.2. The lowest BCUT2D eigenvalue weighted by molar-refractivity contribution is -0.144. The highest BCUT2D eigenvalue weighted by Gasteiger charge is 2.21. The Morgan fingerprint density at radius 1 is 1.00 bits per heavy atom. The first-order valence-corrected chi connectivity index (χ1v) is 8.17. The first kappa shape index (κ1) is 19.3. The third-order valence-corrected chi connectivity index (χ3v) is 4.25. The van der Waals surface area contributed by atoms with Crippen LogP contribution in [-0.4, -0.2) is 73.1 Å². The molecule has 0 N–H and O–H groups in total. The molecule has 0 aliphatic heterocycles. The smallest absolute Gasteiger partial charge is 0.309 e. The van der Waals surface area contributed by atoms with Crippen molar-refractivity contribution in [3.63, 3.8) is 0 Å². The molecule has 0 heterocycles. The Hall–Kier alpha value is -0.700. The Balaban J connectivity index is 3.70. The first-order chi connectivity index (χ1) is 9.43. The summed E-state index contributed by atoms with van der Waals surface area (Å²) >= 11 is 0. The zero-order chi connectivity index (χ0) is 15.4. The van der Waals surface area contributed by atoms with Gasteiger partial charge in [-0.2, -0.15) is 0 Å². The molecule has 0 fully saturated rings. The molecular formula is C12H24O7S. The summed E-state index contributed by atoms with van der Waals surface area (Å²) in [5.41, 5.74) is 0. The van der Waals surface area contributed by atoms with E-state index >= 15 is 0 Å². The second-order valence-electron chi connectivity index (χ2n) is 4.26. The van der Waals surface area contributed by atoms with E-state index in [1.54, 1.807) is 7.11 Å². The minimum Gasteiger partial charge on any atom is -0.469 e. The van der Waals surface area contributed by atoms with Gasteiger partial charge in [-0.15, -0.1) is 0 Å². The molecule has 0 aromatic carbocycles. The monoisotopic (exact) mass is 312 g/mol. The molecule has 8 heteroatoms. The van der Waals surface area contributed by atoms with Crippen molar-refractivity contribution in [3.05, 3.63) is 0 Å². The second-order valence-corrected chi connectivity index (χ2v) is 6.48. The summed E-state index contributed by atoms with van der Waals surface area (Å²) in [4.78, 5) is 11.1. The van der Waals surface area contributed by atoms with Crippen LogP contribution < -0.4 is 0 Å². The highest BCUT2D eigenvalue weighted by molar-refractivity contribution is 7.91. The van der Waals surface area contributed by atoms with Gasteiger partial charge in [0.1, 0.15) is 0 Å². The Morgan fingerprint density at radius 3 is 2.10 bits per heavy atom. The number of sulfone groups is 1. The molecule has 120 valence electrons. The van der Waals surface area contributed by atoms with Crippen LogP contribution in [0.4, 0.5) is 0 Å². The van der Waals surface area contributed by atoms with Crippen molar-refractivity contribution < 1.29 is 32.2 Å². The van der Waals surface area contributed by atoms with Crippen LogP contribution in [0.15, 0.2) is 0 Å². The van der Waals surface area contributed by atoms with Gasteiger partial charge >= 0.3 is 5.97 Å². The minimum atomic E-state index is -3.32. The van der Waals surface area contributed by atoms with Gasteiger partial charge < -0.3 is 18.9 Å². The number of hydrogen-bond donors (Lipinski definition) is 0. The highest BCUT2D eigenvalue weighted by Crippen LogP contribution is 2.04. The van der Waals surface area contributed by atoms with Gasteiger partial charge in [-0.25, -0.2) is 8.42 Å². The predicted molar refractivity (Wildman–Crippen MR) is 73.3 cm³/mol. The summed E-state index contributed by atoms with van der Waals surface area (Å²) in [7, 11) is -0.506. The van der Waals surface area contributed by atoms with E-state index < -0.39 is 21.7 Å². The van der Waals surface area contributed by atoms with Gasteiger partial charge in [0.2, 0.25) is 0 Å². The largest absolute Gasteiger partial charge is 0.469 e. The van der Waals surface area contributed by atoms with Gasteiger partial charge in [0.25, 0.3) is 0 Å². The average molecular weight is 312 g/mol. The zero-order valence-corrected chi connectivity index (χ0v) is 13.1. The number of rotatable bonds is 12. The molecule has 0 spiro atoms. The average Bonchev–Trinajstić information content (AvgIpc) is 2.40. The molecule has 1 atom stereocenters. The van der Waals surface area contributed by atoms with Crippen LogP contribution >= 0.6 is 0 Å². The maximum absolute atomic E-state index is 11.7. The third-order valence-electron chi connectivity index (χ3n) is 2.45. The van der Waals surface area contributed by atoms with Crippen LogP contribution in [0.5, 0.6) is 0 Å². The molecule has 7 nitrogen and oxygen atoms in total. The summed E-state index contributed by atoms with van der Waals surface area (Å²) in [5, 5.41) is 0. The fraction of sp³-hybridized carbons (Fsp3) is 0.917. The molecule has 0 amide bonds. The Labute approximate surface area is 120 Å². The summed E-state index contributed by atoms with van der Waals surface area (Å²) in [6.07, 6.45) is 0. The summed E-state index contributed by atoms with van der Waals surface area (Å²) in [6.45, 7) is 3.32. The Morgan fingerprint density at radius 2 is 1.55 bits per heavy atom. The zero-order valence-electron chi connectivity index (χ0n) is 12.3. The van der Waals surface area contributed by atoms with Gasteiger partial charge in [-0.05, 0) is 0 Å². The topological polar surface area (TPSA) is 88.1 Å². The van der Waals surface area contributed by atoms with E-state index in [-0.39, 0.29) is 18.1 Å². The predicted octanol–water partition coefficient (Wildman–Crippen LogP) is -0.110. The SMILES string of the molecule is COCCOCCOCCS(=O)(=O)CC(C)C(=O)OC. The van der Waals surface area contributed by atoms with Crippen LogP contribution in [0.1, 0.15) is 6.92 Å². The molecule has 0 aromatic rings. The van der Waals surface area contributed by atoms with E-state index in [0.717, 1.165) is 0 Å². The minimum absolute atomic E-state index is 0.0872. The number of hydrogen-bond acceptors (Lipinski definition) is 7. The van der Waals surface area contributed by atoms with E-state index in [1.807, 2.05) is 0 Å². The van der Waals surface area contributed by atoms with Crippen LogP contribution in [0.3, 0.4) is 0 Å². The standard InChI is InChI=1S/C12H24O7S/c1-11(12(13)17-3)10-20(14,15)9-8-19-7-6-18-5-4-16-2/h11H,4-10H2,1-3H3. The molecular weight excluding hydrogens is 288 g/mol. The second kappa shape index (κ2) is 11.0. The molecule has 0 saturated carbocycles. The normalized spacial score (nSPS) is 13.2.